The van der Waals surface area contributed by atoms with Crippen molar-refractivity contribution in [1.82, 2.24) is 14.9 Å². The molecular weight excluding hydrogens is 306 g/mol. The Kier molecular flexibility index (Phi) is 4.83. The van der Waals surface area contributed by atoms with Crippen molar-refractivity contribution >= 4 is 16.8 Å². The monoisotopic (exact) mass is 329 g/mol. The number of hydrogen-bond acceptors (Lipinski definition) is 3. The molecule has 24 heavy (non-hydrogen) atoms. The molecular formula is C18H23N3O3. The maximum atomic E-state index is 12.4. The number of rotatable bonds is 4. The van der Waals surface area contributed by atoms with E-state index >= 15 is 0 Å². The van der Waals surface area contributed by atoms with Crippen LogP contribution in [0.25, 0.3) is 10.9 Å². The SMILES string of the molecule is CCCn1c(=O)[nH]c2cc(C(=O)NC3CCCCC3)ccc2c1=O. The molecule has 1 heterocycles. The summed E-state index contributed by atoms with van der Waals surface area (Å²) in [6.07, 6.45) is 6.25. The first-order chi connectivity index (χ1) is 11.6. The van der Waals surface area contributed by atoms with Gasteiger partial charge in [-0.15, -0.1) is 0 Å². The Morgan fingerprint density at radius 1 is 1.25 bits per heavy atom. The highest BCUT2D eigenvalue weighted by Gasteiger charge is 2.17. The number of carbonyl (C=O) groups is 1. The van der Waals surface area contributed by atoms with Crippen LogP contribution in [-0.2, 0) is 6.54 Å². The first-order valence-corrected chi connectivity index (χ1v) is 8.68. The van der Waals surface area contributed by atoms with Gasteiger partial charge in [0.25, 0.3) is 11.5 Å². The third-order valence-electron chi connectivity index (χ3n) is 4.63. The van der Waals surface area contributed by atoms with Crippen molar-refractivity contribution in [3.63, 3.8) is 0 Å². The average molecular weight is 329 g/mol. The Hall–Kier alpha value is -2.37. The van der Waals surface area contributed by atoms with Crippen LogP contribution in [-0.4, -0.2) is 21.5 Å². The van der Waals surface area contributed by atoms with Gasteiger partial charge >= 0.3 is 5.69 Å². The minimum absolute atomic E-state index is 0.151. The number of fused-ring (bicyclic) bond motifs is 1. The number of nitrogens with zero attached hydrogens (tertiary/aromatic N) is 1. The molecule has 2 N–H and O–H groups in total. The number of amides is 1. The summed E-state index contributed by atoms with van der Waals surface area (Å²) in [4.78, 5) is 39.5. The van der Waals surface area contributed by atoms with Gasteiger partial charge in [-0.2, -0.15) is 0 Å². The predicted molar refractivity (Wildman–Crippen MR) is 93.5 cm³/mol. The maximum Gasteiger partial charge on any atom is 0.328 e. The van der Waals surface area contributed by atoms with Crippen LogP contribution in [0.4, 0.5) is 0 Å². The van der Waals surface area contributed by atoms with Crippen LogP contribution < -0.4 is 16.6 Å². The molecule has 1 aliphatic carbocycles. The zero-order chi connectivity index (χ0) is 17.1. The molecule has 0 spiro atoms. The van der Waals surface area contributed by atoms with Crippen molar-refractivity contribution in [2.24, 2.45) is 0 Å². The van der Waals surface area contributed by atoms with Gasteiger partial charge in [0.15, 0.2) is 0 Å². The third-order valence-corrected chi connectivity index (χ3v) is 4.63. The van der Waals surface area contributed by atoms with Gasteiger partial charge in [-0.05, 0) is 37.5 Å². The van der Waals surface area contributed by atoms with Crippen molar-refractivity contribution in [3.8, 4) is 0 Å². The zero-order valence-electron chi connectivity index (χ0n) is 13.9. The number of benzene rings is 1. The lowest BCUT2D eigenvalue weighted by Gasteiger charge is -2.22. The van der Waals surface area contributed by atoms with E-state index in [9.17, 15) is 14.4 Å². The number of carbonyl (C=O) groups excluding carboxylic acids is 1. The molecule has 0 radical (unpaired) electrons. The normalized spacial score (nSPS) is 15.5. The van der Waals surface area contributed by atoms with E-state index in [1.54, 1.807) is 18.2 Å². The van der Waals surface area contributed by atoms with Crippen LogP contribution in [0, 0.1) is 0 Å². The van der Waals surface area contributed by atoms with Crippen LogP contribution in [0.3, 0.4) is 0 Å². The second-order valence-electron chi connectivity index (χ2n) is 6.46. The van der Waals surface area contributed by atoms with Gasteiger partial charge in [0.2, 0.25) is 0 Å². The summed E-state index contributed by atoms with van der Waals surface area (Å²) in [6.45, 7) is 2.29. The van der Waals surface area contributed by atoms with E-state index in [-0.39, 0.29) is 17.5 Å². The highest BCUT2D eigenvalue weighted by molar-refractivity contribution is 5.97. The quantitative estimate of drug-likeness (QED) is 0.901. The van der Waals surface area contributed by atoms with Gasteiger partial charge in [0.05, 0.1) is 10.9 Å². The maximum absolute atomic E-state index is 12.4. The van der Waals surface area contributed by atoms with Crippen LogP contribution in [0.1, 0.15) is 55.8 Å². The molecule has 1 fully saturated rings. The van der Waals surface area contributed by atoms with E-state index in [1.807, 2.05) is 6.92 Å². The topological polar surface area (TPSA) is 84.0 Å². The minimum Gasteiger partial charge on any atom is -0.349 e. The Balaban J connectivity index is 1.91. The molecule has 0 saturated heterocycles. The Morgan fingerprint density at radius 2 is 2.00 bits per heavy atom. The molecule has 1 amide bonds. The zero-order valence-corrected chi connectivity index (χ0v) is 13.9. The molecule has 1 aromatic carbocycles. The molecule has 128 valence electrons. The minimum atomic E-state index is -0.431. The van der Waals surface area contributed by atoms with Gasteiger partial charge in [0, 0.05) is 18.2 Å². The van der Waals surface area contributed by atoms with Crippen molar-refractivity contribution in [2.45, 2.75) is 58.0 Å². The van der Waals surface area contributed by atoms with Crippen LogP contribution in [0.5, 0.6) is 0 Å². The lowest BCUT2D eigenvalue weighted by atomic mass is 9.95. The predicted octanol–water partition coefficient (Wildman–Crippen LogP) is 2.16. The molecule has 2 aromatic rings. The van der Waals surface area contributed by atoms with Gasteiger partial charge in [0.1, 0.15) is 0 Å². The summed E-state index contributed by atoms with van der Waals surface area (Å²) in [6, 6.07) is 5.08. The molecule has 0 bridgehead atoms. The second-order valence-corrected chi connectivity index (χ2v) is 6.46. The van der Waals surface area contributed by atoms with Crippen molar-refractivity contribution in [3.05, 3.63) is 44.6 Å². The molecule has 1 aliphatic rings. The molecule has 0 unspecified atom stereocenters. The highest BCUT2D eigenvalue weighted by Crippen LogP contribution is 2.18. The largest absolute Gasteiger partial charge is 0.349 e. The molecule has 1 saturated carbocycles. The molecule has 0 aliphatic heterocycles. The summed E-state index contributed by atoms with van der Waals surface area (Å²) in [5, 5.41) is 3.47. The fraction of sp³-hybridized carbons (Fsp3) is 0.500. The molecule has 6 heteroatoms. The molecule has 3 rings (SSSR count). The number of H-pyrrole nitrogens is 1. The smallest absolute Gasteiger partial charge is 0.328 e. The number of aromatic amines is 1. The first kappa shape index (κ1) is 16.5. The van der Waals surface area contributed by atoms with Gasteiger partial charge < -0.3 is 10.3 Å². The summed E-state index contributed by atoms with van der Waals surface area (Å²) < 4.78 is 1.20. The Labute approximate surface area is 139 Å². The molecule has 1 aromatic heterocycles. The van der Waals surface area contributed by atoms with Gasteiger partial charge in [-0.25, -0.2) is 4.79 Å². The molecule has 6 nitrogen and oxygen atoms in total. The van der Waals surface area contributed by atoms with E-state index in [2.05, 4.69) is 10.3 Å². The number of nitrogens with one attached hydrogen (secondary N) is 2. The summed E-state index contributed by atoms with van der Waals surface area (Å²) in [5.74, 6) is -0.151. The van der Waals surface area contributed by atoms with E-state index in [0.29, 0.717) is 29.4 Å². The van der Waals surface area contributed by atoms with E-state index in [0.717, 1.165) is 25.7 Å². The van der Waals surface area contributed by atoms with E-state index < -0.39 is 5.69 Å². The van der Waals surface area contributed by atoms with Crippen molar-refractivity contribution in [2.75, 3.05) is 0 Å². The Bertz CT molecular complexity index is 860. The van der Waals surface area contributed by atoms with Crippen LogP contribution >= 0.6 is 0 Å². The average Bonchev–Trinajstić information content (AvgIpc) is 2.59. The Morgan fingerprint density at radius 3 is 2.71 bits per heavy atom. The van der Waals surface area contributed by atoms with Crippen molar-refractivity contribution in [1.29, 1.82) is 0 Å². The fourth-order valence-electron chi connectivity index (χ4n) is 3.34. The van der Waals surface area contributed by atoms with E-state index in [1.165, 1.54) is 11.0 Å². The summed E-state index contributed by atoms with van der Waals surface area (Å²) in [5.41, 5.74) is 0.138. The lowest BCUT2D eigenvalue weighted by molar-refractivity contribution is 0.0928. The van der Waals surface area contributed by atoms with Gasteiger partial charge in [-0.1, -0.05) is 26.2 Å². The second kappa shape index (κ2) is 7.03. The highest BCUT2D eigenvalue weighted by atomic mass is 16.2. The lowest BCUT2D eigenvalue weighted by Crippen LogP contribution is -2.36. The van der Waals surface area contributed by atoms with Crippen molar-refractivity contribution < 1.29 is 4.79 Å². The first-order valence-electron chi connectivity index (χ1n) is 8.68. The third kappa shape index (κ3) is 3.27. The molecule has 0 atom stereocenters. The van der Waals surface area contributed by atoms with Crippen LogP contribution in [0.15, 0.2) is 27.8 Å². The summed E-state index contributed by atoms with van der Waals surface area (Å²) in [7, 11) is 0. The van der Waals surface area contributed by atoms with Gasteiger partial charge in [-0.3, -0.25) is 14.2 Å². The van der Waals surface area contributed by atoms with E-state index in [4.69, 9.17) is 0 Å². The summed E-state index contributed by atoms with van der Waals surface area (Å²) >= 11 is 0. The number of aromatic nitrogens is 2. The fourth-order valence-corrected chi connectivity index (χ4v) is 3.34. The standard InChI is InChI=1S/C18H23N3O3/c1-2-10-21-17(23)14-9-8-12(11-15(14)20-18(21)24)16(22)19-13-6-4-3-5-7-13/h8-9,11,13H,2-7,10H2,1H3,(H,19,22)(H,20,24). The van der Waals surface area contributed by atoms with Crippen LogP contribution in [0.2, 0.25) is 0 Å². The number of hydrogen-bond donors (Lipinski definition) is 2.